The van der Waals surface area contributed by atoms with Crippen LogP contribution in [0.25, 0.3) is 6.08 Å². The van der Waals surface area contributed by atoms with Crippen LogP contribution in [0.3, 0.4) is 0 Å². The van der Waals surface area contributed by atoms with Crippen molar-refractivity contribution in [1.82, 2.24) is 5.32 Å². The van der Waals surface area contributed by atoms with E-state index in [9.17, 15) is 0 Å². The van der Waals surface area contributed by atoms with Gasteiger partial charge in [0.1, 0.15) is 0 Å². The van der Waals surface area contributed by atoms with Crippen molar-refractivity contribution in [2.24, 2.45) is 0 Å². The third-order valence-electron chi connectivity index (χ3n) is 2.25. The number of hydrogen-bond donors (Lipinski definition) is 1. The van der Waals surface area contributed by atoms with E-state index in [4.69, 9.17) is 16.3 Å². The molecule has 0 atom stereocenters. The summed E-state index contributed by atoms with van der Waals surface area (Å²) in [5, 5.41) is 4.04. The molecular weight excluding hydrogens is 302 g/mol. The highest BCUT2D eigenvalue weighted by atomic mass is 79.9. The predicted molar refractivity (Wildman–Crippen MR) is 77.5 cm³/mol. The number of rotatable bonds is 6. The SMILES string of the molecule is COCCNC/C(C)=C/c1ccc(Cl)cc1Br. The lowest BCUT2D eigenvalue weighted by atomic mass is 10.1. The minimum Gasteiger partial charge on any atom is -0.383 e. The smallest absolute Gasteiger partial charge is 0.0587 e. The maximum Gasteiger partial charge on any atom is 0.0587 e. The van der Waals surface area contributed by atoms with Crippen molar-refractivity contribution in [2.75, 3.05) is 26.8 Å². The van der Waals surface area contributed by atoms with E-state index in [0.717, 1.165) is 34.8 Å². The van der Waals surface area contributed by atoms with Gasteiger partial charge in [-0.15, -0.1) is 0 Å². The Labute approximate surface area is 116 Å². The Morgan fingerprint density at radius 1 is 1.53 bits per heavy atom. The summed E-state index contributed by atoms with van der Waals surface area (Å²) in [5.41, 5.74) is 2.41. The van der Waals surface area contributed by atoms with Crippen molar-refractivity contribution < 1.29 is 4.74 Å². The van der Waals surface area contributed by atoms with Crippen molar-refractivity contribution in [3.63, 3.8) is 0 Å². The molecule has 0 saturated heterocycles. The molecule has 17 heavy (non-hydrogen) atoms. The standard InChI is InChI=1S/C13H17BrClNO/c1-10(9-16-5-6-17-2)7-11-3-4-12(15)8-13(11)14/h3-4,7-8,16H,5-6,9H2,1-2H3/b10-7+. The summed E-state index contributed by atoms with van der Waals surface area (Å²) in [6, 6.07) is 5.80. The van der Waals surface area contributed by atoms with Gasteiger partial charge in [0.05, 0.1) is 6.61 Å². The third kappa shape index (κ3) is 5.68. The zero-order chi connectivity index (χ0) is 12.7. The molecule has 0 unspecified atom stereocenters. The summed E-state index contributed by atoms with van der Waals surface area (Å²) in [6.07, 6.45) is 2.14. The van der Waals surface area contributed by atoms with Crippen LogP contribution in [0.1, 0.15) is 12.5 Å². The summed E-state index contributed by atoms with van der Waals surface area (Å²) < 4.78 is 5.99. The third-order valence-corrected chi connectivity index (χ3v) is 3.17. The highest BCUT2D eigenvalue weighted by Crippen LogP contribution is 2.23. The Balaban J connectivity index is 2.55. The minimum absolute atomic E-state index is 0.734. The molecule has 1 rings (SSSR count). The highest BCUT2D eigenvalue weighted by Gasteiger charge is 1.98. The molecule has 0 amide bonds. The molecule has 0 heterocycles. The van der Waals surface area contributed by atoms with Crippen LogP contribution < -0.4 is 5.32 Å². The van der Waals surface area contributed by atoms with Gasteiger partial charge >= 0.3 is 0 Å². The van der Waals surface area contributed by atoms with Crippen molar-refractivity contribution >= 4 is 33.6 Å². The second-order valence-corrected chi connectivity index (χ2v) is 5.12. The lowest BCUT2D eigenvalue weighted by Crippen LogP contribution is -2.20. The number of benzene rings is 1. The molecule has 0 spiro atoms. The van der Waals surface area contributed by atoms with E-state index in [2.05, 4.69) is 34.2 Å². The molecule has 0 fully saturated rings. The number of ether oxygens (including phenoxy) is 1. The first-order chi connectivity index (χ1) is 8.13. The van der Waals surface area contributed by atoms with Gasteiger partial charge in [-0.2, -0.15) is 0 Å². The minimum atomic E-state index is 0.734. The number of hydrogen-bond acceptors (Lipinski definition) is 2. The van der Waals surface area contributed by atoms with Gasteiger partial charge in [-0.3, -0.25) is 0 Å². The van der Waals surface area contributed by atoms with Gasteiger partial charge in [-0.25, -0.2) is 0 Å². The molecular formula is C13H17BrClNO. The first-order valence-corrected chi connectivity index (χ1v) is 6.62. The molecule has 1 aromatic carbocycles. The van der Waals surface area contributed by atoms with Crippen LogP contribution in [0.5, 0.6) is 0 Å². The number of halogens is 2. The van der Waals surface area contributed by atoms with Crippen molar-refractivity contribution in [3.8, 4) is 0 Å². The molecule has 0 saturated carbocycles. The monoisotopic (exact) mass is 317 g/mol. The van der Waals surface area contributed by atoms with Gasteiger partial charge in [0.25, 0.3) is 0 Å². The normalized spacial score (nSPS) is 11.9. The molecule has 1 N–H and O–H groups in total. The molecule has 0 aromatic heterocycles. The molecule has 2 nitrogen and oxygen atoms in total. The zero-order valence-corrected chi connectivity index (χ0v) is 12.4. The number of nitrogens with one attached hydrogen (secondary N) is 1. The quantitative estimate of drug-likeness (QED) is 0.807. The fraction of sp³-hybridized carbons (Fsp3) is 0.385. The Morgan fingerprint density at radius 2 is 2.29 bits per heavy atom. The van der Waals surface area contributed by atoms with Gasteiger partial charge < -0.3 is 10.1 Å². The second kappa shape index (κ2) is 7.88. The summed E-state index contributed by atoms with van der Waals surface area (Å²) >= 11 is 9.39. The average Bonchev–Trinajstić information content (AvgIpc) is 2.28. The summed E-state index contributed by atoms with van der Waals surface area (Å²) in [6.45, 7) is 4.56. The summed E-state index contributed by atoms with van der Waals surface area (Å²) in [7, 11) is 1.70. The van der Waals surface area contributed by atoms with Crippen molar-refractivity contribution in [3.05, 3.63) is 38.8 Å². The molecule has 0 bridgehead atoms. The average molecular weight is 319 g/mol. The Kier molecular flexibility index (Phi) is 6.82. The van der Waals surface area contributed by atoms with Crippen LogP contribution in [-0.4, -0.2) is 26.8 Å². The van der Waals surface area contributed by atoms with Gasteiger partial charge in [0, 0.05) is 29.7 Å². The topological polar surface area (TPSA) is 21.3 Å². The Hall–Kier alpha value is -0.350. The molecule has 0 aliphatic heterocycles. The zero-order valence-electron chi connectivity index (χ0n) is 10.1. The van der Waals surface area contributed by atoms with Gasteiger partial charge in [-0.05, 0) is 24.6 Å². The Bertz CT molecular complexity index is 393. The molecule has 94 valence electrons. The van der Waals surface area contributed by atoms with Crippen molar-refractivity contribution in [2.45, 2.75) is 6.92 Å². The van der Waals surface area contributed by atoms with Crippen LogP contribution >= 0.6 is 27.5 Å². The van der Waals surface area contributed by atoms with E-state index in [0.29, 0.717) is 0 Å². The van der Waals surface area contributed by atoms with Crippen molar-refractivity contribution in [1.29, 1.82) is 0 Å². The number of methoxy groups -OCH3 is 1. The summed E-state index contributed by atoms with van der Waals surface area (Å²) in [5.74, 6) is 0. The van der Waals surface area contributed by atoms with Crippen LogP contribution in [0.2, 0.25) is 5.02 Å². The molecule has 4 heteroatoms. The summed E-state index contributed by atoms with van der Waals surface area (Å²) in [4.78, 5) is 0. The first-order valence-electron chi connectivity index (χ1n) is 5.45. The van der Waals surface area contributed by atoms with Crippen LogP contribution in [-0.2, 0) is 4.74 Å². The van der Waals surface area contributed by atoms with E-state index in [1.165, 1.54) is 5.57 Å². The van der Waals surface area contributed by atoms with Crippen LogP contribution in [0.4, 0.5) is 0 Å². The fourth-order valence-electron chi connectivity index (χ4n) is 1.39. The highest BCUT2D eigenvalue weighted by molar-refractivity contribution is 9.10. The van der Waals surface area contributed by atoms with Crippen LogP contribution in [0.15, 0.2) is 28.2 Å². The largest absolute Gasteiger partial charge is 0.383 e. The predicted octanol–water partition coefficient (Wildman–Crippen LogP) is 3.74. The lowest BCUT2D eigenvalue weighted by Gasteiger charge is -2.05. The second-order valence-electron chi connectivity index (χ2n) is 3.83. The fourth-order valence-corrected chi connectivity index (χ4v) is 2.19. The van der Waals surface area contributed by atoms with E-state index >= 15 is 0 Å². The maximum atomic E-state index is 5.89. The van der Waals surface area contributed by atoms with Crippen LogP contribution in [0, 0.1) is 0 Å². The van der Waals surface area contributed by atoms with Gasteiger partial charge in [0.15, 0.2) is 0 Å². The molecule has 0 aliphatic rings. The maximum absolute atomic E-state index is 5.89. The molecule has 0 aliphatic carbocycles. The lowest BCUT2D eigenvalue weighted by molar-refractivity contribution is 0.200. The van der Waals surface area contributed by atoms with Gasteiger partial charge in [-0.1, -0.05) is 45.2 Å². The van der Waals surface area contributed by atoms with E-state index < -0.39 is 0 Å². The molecule has 0 radical (unpaired) electrons. The van der Waals surface area contributed by atoms with E-state index in [1.807, 2.05) is 18.2 Å². The van der Waals surface area contributed by atoms with Gasteiger partial charge in [0.2, 0.25) is 0 Å². The van der Waals surface area contributed by atoms with E-state index in [-0.39, 0.29) is 0 Å². The first kappa shape index (κ1) is 14.7. The molecule has 1 aromatic rings. The van der Waals surface area contributed by atoms with E-state index in [1.54, 1.807) is 7.11 Å². The Morgan fingerprint density at radius 3 is 2.94 bits per heavy atom.